The van der Waals surface area contributed by atoms with E-state index in [0.717, 1.165) is 16.7 Å². The Labute approximate surface area is 112 Å². The molecule has 100 valence electrons. The number of nitrogens with zero attached hydrogens (tertiary/aromatic N) is 2. The van der Waals surface area contributed by atoms with Crippen molar-refractivity contribution in [3.05, 3.63) is 33.9 Å². The zero-order chi connectivity index (χ0) is 14.0. The Morgan fingerprint density at radius 1 is 1.42 bits per heavy atom. The summed E-state index contributed by atoms with van der Waals surface area (Å²) in [7, 11) is 0. The van der Waals surface area contributed by atoms with Gasteiger partial charge in [0, 0.05) is 18.2 Å². The van der Waals surface area contributed by atoms with Crippen molar-refractivity contribution < 1.29 is 14.5 Å². The number of benzene rings is 1. The maximum Gasteiger partial charge on any atom is 0.292 e. The van der Waals surface area contributed by atoms with Gasteiger partial charge in [0.05, 0.1) is 11.5 Å². The van der Waals surface area contributed by atoms with E-state index in [4.69, 9.17) is 5.73 Å². The third kappa shape index (κ3) is 2.84. The molecule has 8 heteroatoms. The Morgan fingerprint density at radius 2 is 2.16 bits per heavy atom. The summed E-state index contributed by atoms with van der Waals surface area (Å²) in [6.07, 6.45) is 0.318. The Balaban J connectivity index is 2.19. The Hall–Kier alpha value is -2.09. The molecule has 0 radical (unpaired) electrons. The third-order valence-corrected chi connectivity index (χ3v) is 3.57. The molecule has 19 heavy (non-hydrogen) atoms. The van der Waals surface area contributed by atoms with Gasteiger partial charge in [-0.2, -0.15) is 0 Å². The fourth-order valence-corrected chi connectivity index (χ4v) is 2.52. The smallest absolute Gasteiger partial charge is 0.292 e. The molecule has 1 aliphatic heterocycles. The molecular weight excluding hydrogens is 270 g/mol. The molecule has 1 saturated heterocycles. The molecular formula is C11H11N3O4S. The number of nitro groups is 1. The number of nitrogens with two attached hydrogens (primary N) is 1. The van der Waals surface area contributed by atoms with Crippen LogP contribution in [-0.2, 0) is 11.3 Å². The number of nitrogen functional groups attached to an aromatic ring is 1. The molecule has 2 amide bonds. The van der Waals surface area contributed by atoms with Crippen LogP contribution in [0.4, 0.5) is 16.2 Å². The maximum atomic E-state index is 11.6. The van der Waals surface area contributed by atoms with Crippen LogP contribution < -0.4 is 5.73 Å². The highest BCUT2D eigenvalue weighted by Gasteiger charge is 2.27. The Morgan fingerprint density at radius 3 is 2.74 bits per heavy atom. The first-order chi connectivity index (χ1) is 8.99. The van der Waals surface area contributed by atoms with Gasteiger partial charge < -0.3 is 5.73 Å². The monoisotopic (exact) mass is 281 g/mol. The van der Waals surface area contributed by atoms with Crippen molar-refractivity contribution in [2.45, 2.75) is 13.0 Å². The summed E-state index contributed by atoms with van der Waals surface area (Å²) >= 11 is 1.09. The molecule has 1 fully saturated rings. The molecule has 7 nitrogen and oxygen atoms in total. The number of amides is 2. The number of rotatable bonds is 3. The van der Waals surface area contributed by atoms with E-state index < -0.39 is 4.92 Å². The first kappa shape index (κ1) is 13.3. The van der Waals surface area contributed by atoms with E-state index in [2.05, 4.69) is 0 Å². The molecule has 0 spiro atoms. The highest BCUT2D eigenvalue weighted by atomic mass is 32.2. The number of hydrogen-bond donors (Lipinski definition) is 1. The number of thioether (sulfide) groups is 1. The Bertz CT molecular complexity index is 545. The number of carbonyl (C=O) groups is 2. The lowest BCUT2D eigenvalue weighted by atomic mass is 10.1. The minimum absolute atomic E-state index is 0.0204. The molecule has 0 aliphatic carbocycles. The number of hydrogen-bond acceptors (Lipinski definition) is 6. The van der Waals surface area contributed by atoms with Crippen LogP contribution in [-0.4, -0.2) is 26.7 Å². The molecule has 0 aromatic heterocycles. The second-order valence-electron chi connectivity index (χ2n) is 3.99. The first-order valence-electron chi connectivity index (χ1n) is 5.49. The summed E-state index contributed by atoms with van der Waals surface area (Å²) in [5.41, 5.74) is 5.99. The molecule has 0 unspecified atom stereocenters. The van der Waals surface area contributed by atoms with Crippen molar-refractivity contribution in [3.8, 4) is 0 Å². The molecule has 1 aromatic rings. The molecule has 0 atom stereocenters. The molecule has 0 saturated carbocycles. The number of imide groups is 1. The van der Waals surface area contributed by atoms with E-state index in [0.29, 0.717) is 17.7 Å². The zero-order valence-electron chi connectivity index (χ0n) is 9.87. The van der Waals surface area contributed by atoms with Gasteiger partial charge >= 0.3 is 0 Å². The number of anilines is 1. The quantitative estimate of drug-likeness (QED) is 0.514. The molecule has 1 heterocycles. The van der Waals surface area contributed by atoms with Crippen LogP contribution in [0.1, 0.15) is 12.0 Å². The van der Waals surface area contributed by atoms with Crippen LogP contribution in [0.3, 0.4) is 0 Å². The fraction of sp³-hybridized carbons (Fsp3) is 0.273. The SMILES string of the molecule is Nc1cc(CN2C(=O)CCSC2=O)ccc1[N+](=O)[O-]. The van der Waals surface area contributed by atoms with E-state index in [-0.39, 0.29) is 29.1 Å². The Kier molecular flexibility index (Phi) is 3.70. The van der Waals surface area contributed by atoms with Gasteiger partial charge in [-0.25, -0.2) is 0 Å². The lowest BCUT2D eigenvalue weighted by Crippen LogP contribution is -2.37. The van der Waals surface area contributed by atoms with E-state index in [9.17, 15) is 19.7 Å². The normalized spacial score (nSPS) is 15.7. The van der Waals surface area contributed by atoms with Gasteiger partial charge in [-0.3, -0.25) is 24.6 Å². The molecule has 2 rings (SSSR count). The number of nitro benzene ring substituents is 1. The first-order valence-corrected chi connectivity index (χ1v) is 6.47. The second-order valence-corrected chi connectivity index (χ2v) is 5.04. The van der Waals surface area contributed by atoms with Gasteiger partial charge in [-0.15, -0.1) is 0 Å². The second kappa shape index (κ2) is 5.27. The lowest BCUT2D eigenvalue weighted by molar-refractivity contribution is -0.383. The number of carbonyl (C=O) groups excluding carboxylic acids is 2. The summed E-state index contributed by atoms with van der Waals surface area (Å²) in [4.78, 5) is 34.4. The summed E-state index contributed by atoms with van der Waals surface area (Å²) in [5.74, 6) is 0.261. The summed E-state index contributed by atoms with van der Waals surface area (Å²) < 4.78 is 0. The van der Waals surface area contributed by atoms with Crippen molar-refractivity contribution in [3.63, 3.8) is 0 Å². The van der Waals surface area contributed by atoms with Crippen LogP contribution in [0.25, 0.3) is 0 Å². The largest absolute Gasteiger partial charge is 0.393 e. The van der Waals surface area contributed by atoms with Gasteiger partial charge in [0.1, 0.15) is 5.69 Å². The van der Waals surface area contributed by atoms with Gasteiger partial charge in [0.2, 0.25) is 5.91 Å². The van der Waals surface area contributed by atoms with Gasteiger partial charge in [-0.05, 0) is 11.6 Å². The minimum Gasteiger partial charge on any atom is -0.393 e. The van der Waals surface area contributed by atoms with Crippen LogP contribution in [0, 0.1) is 10.1 Å². The van der Waals surface area contributed by atoms with Crippen LogP contribution in [0.2, 0.25) is 0 Å². The zero-order valence-corrected chi connectivity index (χ0v) is 10.7. The van der Waals surface area contributed by atoms with Crippen molar-refractivity contribution in [2.75, 3.05) is 11.5 Å². The van der Waals surface area contributed by atoms with Gasteiger partial charge in [0.15, 0.2) is 0 Å². The van der Waals surface area contributed by atoms with Crippen LogP contribution >= 0.6 is 11.8 Å². The predicted octanol–water partition coefficient (Wildman–Crippen LogP) is 1.76. The van der Waals surface area contributed by atoms with Crippen molar-refractivity contribution in [2.24, 2.45) is 0 Å². The van der Waals surface area contributed by atoms with Crippen molar-refractivity contribution in [1.29, 1.82) is 0 Å². The highest BCUT2D eigenvalue weighted by molar-refractivity contribution is 8.13. The highest BCUT2D eigenvalue weighted by Crippen LogP contribution is 2.25. The maximum absolute atomic E-state index is 11.6. The molecule has 1 aromatic carbocycles. The topological polar surface area (TPSA) is 107 Å². The van der Waals surface area contributed by atoms with E-state index in [1.54, 1.807) is 0 Å². The summed E-state index contributed by atoms with van der Waals surface area (Å²) in [6, 6.07) is 4.18. The van der Waals surface area contributed by atoms with Crippen molar-refractivity contribution in [1.82, 2.24) is 4.90 Å². The molecule has 0 bridgehead atoms. The minimum atomic E-state index is -0.577. The summed E-state index contributed by atoms with van der Waals surface area (Å²) in [6.45, 7) is 0.0901. The summed E-state index contributed by atoms with van der Waals surface area (Å²) in [5, 5.41) is 10.3. The van der Waals surface area contributed by atoms with Gasteiger partial charge in [0.25, 0.3) is 10.9 Å². The van der Waals surface area contributed by atoms with E-state index >= 15 is 0 Å². The molecule has 2 N–H and O–H groups in total. The fourth-order valence-electron chi connectivity index (χ4n) is 1.74. The third-order valence-electron chi connectivity index (χ3n) is 2.69. The van der Waals surface area contributed by atoms with Gasteiger partial charge in [-0.1, -0.05) is 17.8 Å². The standard InChI is InChI=1S/C11H11N3O4S/c12-8-5-7(1-2-9(8)14(17)18)6-13-10(15)3-4-19-11(13)16/h1-2,5H,3-4,6,12H2. The van der Waals surface area contributed by atoms with Crippen molar-refractivity contribution >= 4 is 34.3 Å². The molecule has 1 aliphatic rings. The van der Waals surface area contributed by atoms with Crippen LogP contribution in [0.5, 0.6) is 0 Å². The van der Waals surface area contributed by atoms with Crippen LogP contribution in [0.15, 0.2) is 18.2 Å². The van der Waals surface area contributed by atoms with E-state index in [1.807, 2.05) is 0 Å². The predicted molar refractivity (Wildman–Crippen MR) is 70.5 cm³/mol. The lowest BCUT2D eigenvalue weighted by Gasteiger charge is -2.24. The average Bonchev–Trinajstić information content (AvgIpc) is 2.33. The van der Waals surface area contributed by atoms with E-state index in [1.165, 1.54) is 18.2 Å². The average molecular weight is 281 g/mol.